The summed E-state index contributed by atoms with van der Waals surface area (Å²) in [6.07, 6.45) is 6.57. The summed E-state index contributed by atoms with van der Waals surface area (Å²) in [4.78, 5) is 8.44. The zero-order chi connectivity index (χ0) is 9.97. The summed E-state index contributed by atoms with van der Waals surface area (Å²) >= 11 is 0. The molecule has 1 heterocycles. The highest BCUT2D eigenvalue weighted by Crippen LogP contribution is 2.33. The first-order chi connectivity index (χ1) is 6.81. The lowest BCUT2D eigenvalue weighted by Gasteiger charge is -1.98. The van der Waals surface area contributed by atoms with E-state index < -0.39 is 0 Å². The third-order valence-electron chi connectivity index (χ3n) is 2.33. The lowest BCUT2D eigenvalue weighted by atomic mass is 10.3. The summed E-state index contributed by atoms with van der Waals surface area (Å²) in [6, 6.07) is 0. The first kappa shape index (κ1) is 9.19. The number of rotatable bonds is 3. The first-order valence-corrected chi connectivity index (χ1v) is 4.96. The van der Waals surface area contributed by atoms with E-state index >= 15 is 0 Å². The Morgan fingerprint density at radius 2 is 2.36 bits per heavy atom. The van der Waals surface area contributed by atoms with Gasteiger partial charge in [0.25, 0.3) is 0 Å². The maximum atomic E-state index is 5.18. The third-order valence-corrected chi connectivity index (χ3v) is 2.33. The van der Waals surface area contributed by atoms with E-state index in [-0.39, 0.29) is 0 Å². The van der Waals surface area contributed by atoms with E-state index in [0.717, 1.165) is 17.9 Å². The van der Waals surface area contributed by atoms with Gasteiger partial charge >= 0.3 is 0 Å². The van der Waals surface area contributed by atoms with E-state index in [1.807, 2.05) is 6.92 Å². The van der Waals surface area contributed by atoms with Crippen LogP contribution < -0.4 is 0 Å². The van der Waals surface area contributed by atoms with Gasteiger partial charge < -0.3 is 4.42 Å². The van der Waals surface area contributed by atoms with Crippen molar-refractivity contribution in [1.29, 1.82) is 0 Å². The molecule has 0 spiro atoms. The zero-order valence-corrected chi connectivity index (χ0v) is 8.58. The Morgan fingerprint density at radius 3 is 2.86 bits per heavy atom. The summed E-state index contributed by atoms with van der Waals surface area (Å²) in [7, 11) is 0. The second-order valence-electron chi connectivity index (χ2n) is 3.47. The normalized spacial score (nSPS) is 15.9. The van der Waals surface area contributed by atoms with Gasteiger partial charge in [-0.2, -0.15) is 0 Å². The van der Waals surface area contributed by atoms with Crippen molar-refractivity contribution in [3.63, 3.8) is 0 Å². The quantitative estimate of drug-likeness (QED) is 0.687. The van der Waals surface area contributed by atoms with Crippen LogP contribution in [0.4, 0.5) is 0 Å². The summed E-state index contributed by atoms with van der Waals surface area (Å²) in [6.45, 7) is 4.09. The Hall–Kier alpha value is -1.38. The molecule has 74 valence electrons. The van der Waals surface area contributed by atoms with Crippen LogP contribution in [-0.2, 0) is 0 Å². The topological polar surface area (TPSA) is 38.4 Å². The first-order valence-electron chi connectivity index (χ1n) is 4.96. The predicted molar refractivity (Wildman–Crippen MR) is 55.3 cm³/mol. The Morgan fingerprint density at radius 1 is 1.57 bits per heavy atom. The van der Waals surface area contributed by atoms with Crippen molar-refractivity contribution < 1.29 is 4.42 Å². The number of nitrogens with zero attached hydrogens (tertiary/aromatic N) is 2. The molecule has 1 aromatic heterocycles. The molecule has 0 saturated heterocycles. The molecular formula is C11H14N2O. The fraction of sp³-hybridized carbons (Fsp3) is 0.455. The number of oxazole rings is 1. The molecule has 0 aliphatic heterocycles. The smallest absolute Gasteiger partial charge is 0.181 e. The fourth-order valence-electron chi connectivity index (χ4n) is 1.41. The van der Waals surface area contributed by atoms with Crippen molar-refractivity contribution in [3.8, 4) is 0 Å². The molecular weight excluding hydrogens is 176 g/mol. The molecule has 0 unspecified atom stereocenters. The molecule has 2 rings (SSSR count). The lowest BCUT2D eigenvalue weighted by Crippen LogP contribution is -1.93. The minimum absolute atomic E-state index is 0.761. The van der Waals surface area contributed by atoms with Crippen molar-refractivity contribution >= 4 is 5.71 Å². The number of aliphatic imine (C=N–C) groups is 1. The molecule has 1 aliphatic carbocycles. The van der Waals surface area contributed by atoms with Gasteiger partial charge in [-0.05, 0) is 31.8 Å². The lowest BCUT2D eigenvalue weighted by molar-refractivity contribution is 0.548. The van der Waals surface area contributed by atoms with Gasteiger partial charge in [0.15, 0.2) is 12.2 Å². The van der Waals surface area contributed by atoms with E-state index in [0.29, 0.717) is 0 Å². The van der Waals surface area contributed by atoms with Crippen LogP contribution in [0.5, 0.6) is 0 Å². The summed E-state index contributed by atoms with van der Waals surface area (Å²) in [5.74, 6) is 0.761. The largest absolute Gasteiger partial charge is 0.442 e. The van der Waals surface area contributed by atoms with Gasteiger partial charge in [-0.25, -0.2) is 4.98 Å². The Bertz CT molecular complexity index is 368. The van der Waals surface area contributed by atoms with Gasteiger partial charge in [0.05, 0.1) is 11.9 Å². The molecule has 0 radical (unpaired) electrons. The van der Waals surface area contributed by atoms with E-state index in [1.165, 1.54) is 30.5 Å². The second kappa shape index (κ2) is 3.78. The molecule has 14 heavy (non-hydrogen) atoms. The van der Waals surface area contributed by atoms with E-state index in [4.69, 9.17) is 4.42 Å². The van der Waals surface area contributed by atoms with Gasteiger partial charge in [0, 0.05) is 5.70 Å². The Kier molecular flexibility index (Phi) is 2.48. The van der Waals surface area contributed by atoms with Crippen LogP contribution >= 0.6 is 0 Å². The maximum absolute atomic E-state index is 5.18. The standard InChI is InChI=1S/C11H14N2O/c1-3-10(9-4-5-9)13-8(2)11-6-12-7-14-11/h6-7H,3-5H2,1-2H3. The number of allylic oxidation sites excluding steroid dienone is 2. The van der Waals surface area contributed by atoms with Gasteiger partial charge in [-0.3, -0.25) is 4.99 Å². The van der Waals surface area contributed by atoms with Crippen molar-refractivity contribution in [2.24, 2.45) is 4.99 Å². The fourth-order valence-corrected chi connectivity index (χ4v) is 1.41. The molecule has 0 amide bonds. The molecule has 0 aromatic carbocycles. The van der Waals surface area contributed by atoms with Gasteiger partial charge in [0.1, 0.15) is 0 Å². The van der Waals surface area contributed by atoms with Crippen LogP contribution in [0.15, 0.2) is 33.3 Å². The number of hydrogen-bond donors (Lipinski definition) is 0. The monoisotopic (exact) mass is 190 g/mol. The number of aromatic nitrogens is 1. The van der Waals surface area contributed by atoms with Crippen molar-refractivity contribution in [2.45, 2.75) is 33.1 Å². The molecule has 0 atom stereocenters. The Labute approximate surface area is 83.6 Å². The number of hydrogen-bond acceptors (Lipinski definition) is 3. The molecule has 1 saturated carbocycles. The summed E-state index contributed by atoms with van der Waals surface area (Å²) in [5.41, 5.74) is 3.63. The van der Waals surface area contributed by atoms with Crippen LogP contribution in [0.3, 0.4) is 0 Å². The van der Waals surface area contributed by atoms with Gasteiger partial charge in [-0.1, -0.05) is 6.92 Å². The van der Waals surface area contributed by atoms with Crippen molar-refractivity contribution in [1.82, 2.24) is 4.98 Å². The molecule has 3 nitrogen and oxygen atoms in total. The van der Waals surface area contributed by atoms with Gasteiger partial charge in [0.2, 0.25) is 0 Å². The summed E-state index contributed by atoms with van der Waals surface area (Å²) in [5, 5.41) is 0. The maximum Gasteiger partial charge on any atom is 0.181 e. The van der Waals surface area contributed by atoms with E-state index in [9.17, 15) is 0 Å². The van der Waals surface area contributed by atoms with Crippen molar-refractivity contribution in [3.05, 3.63) is 29.6 Å². The molecule has 1 fully saturated rings. The van der Waals surface area contributed by atoms with Crippen LogP contribution in [-0.4, -0.2) is 10.7 Å². The third kappa shape index (κ3) is 1.92. The minimum Gasteiger partial charge on any atom is -0.442 e. The van der Waals surface area contributed by atoms with Crippen LogP contribution in [0.1, 0.15) is 38.9 Å². The SMILES string of the molecule is CCC(N=C(C)c1cnco1)=C1CC1. The van der Waals surface area contributed by atoms with E-state index in [2.05, 4.69) is 16.9 Å². The minimum atomic E-state index is 0.761. The second-order valence-corrected chi connectivity index (χ2v) is 3.47. The predicted octanol–water partition coefficient (Wildman–Crippen LogP) is 2.94. The van der Waals surface area contributed by atoms with Crippen molar-refractivity contribution in [2.75, 3.05) is 0 Å². The molecule has 0 N–H and O–H groups in total. The highest BCUT2D eigenvalue weighted by atomic mass is 16.3. The van der Waals surface area contributed by atoms with Gasteiger partial charge in [-0.15, -0.1) is 0 Å². The average molecular weight is 190 g/mol. The molecule has 0 bridgehead atoms. The highest BCUT2D eigenvalue weighted by molar-refractivity contribution is 5.96. The highest BCUT2D eigenvalue weighted by Gasteiger charge is 2.16. The summed E-state index contributed by atoms with van der Waals surface area (Å²) < 4.78 is 5.18. The van der Waals surface area contributed by atoms with E-state index in [1.54, 1.807) is 6.20 Å². The zero-order valence-electron chi connectivity index (χ0n) is 8.58. The van der Waals surface area contributed by atoms with Crippen LogP contribution in [0.25, 0.3) is 0 Å². The molecule has 1 aliphatic rings. The molecule has 3 heteroatoms. The Balaban J connectivity index is 2.22. The average Bonchev–Trinajstić information content (AvgIpc) is 2.88. The van der Waals surface area contributed by atoms with Crippen LogP contribution in [0, 0.1) is 0 Å². The molecule has 1 aromatic rings. The van der Waals surface area contributed by atoms with Crippen LogP contribution in [0.2, 0.25) is 0 Å².